The van der Waals surface area contributed by atoms with Crippen LogP contribution in [0.25, 0.3) is 0 Å². The third-order valence-corrected chi connectivity index (χ3v) is 5.14. The van der Waals surface area contributed by atoms with Crippen molar-refractivity contribution in [3.8, 4) is 0 Å². The maximum atomic E-state index is 10.5. The summed E-state index contributed by atoms with van der Waals surface area (Å²) in [6.45, 7) is 8.08. The van der Waals surface area contributed by atoms with Crippen molar-refractivity contribution < 1.29 is 4.55 Å². The molecule has 0 fully saturated rings. The van der Waals surface area contributed by atoms with Gasteiger partial charge in [0.15, 0.2) is 0 Å². The lowest BCUT2D eigenvalue weighted by molar-refractivity contribution is 0.632. The van der Waals surface area contributed by atoms with Crippen LogP contribution in [0.15, 0.2) is 51.8 Å². The van der Waals surface area contributed by atoms with Crippen molar-refractivity contribution in [2.45, 2.75) is 39.0 Å². The first-order chi connectivity index (χ1) is 8.37. The van der Waals surface area contributed by atoms with E-state index in [1.54, 1.807) is 0 Å². The van der Waals surface area contributed by atoms with Gasteiger partial charge in [-0.1, -0.05) is 42.3 Å². The molecule has 1 unspecified atom stereocenters. The third-order valence-electron chi connectivity index (χ3n) is 3.03. The summed E-state index contributed by atoms with van der Waals surface area (Å²) in [7, 11) is -2.34. The van der Waals surface area contributed by atoms with E-state index in [1.807, 2.05) is 50.3 Å². The first kappa shape index (κ1) is 15.0. The fraction of sp³-hybridized carbons (Fsp3) is 0.333. The van der Waals surface area contributed by atoms with Crippen molar-refractivity contribution in [2.75, 3.05) is 0 Å². The van der Waals surface area contributed by atoms with Crippen molar-refractivity contribution in [3.05, 3.63) is 52.5 Å². The number of nitrogens with two attached hydrogens (primary N) is 1. The Hall–Kier alpha value is -1.03. The molecule has 0 aliphatic heterocycles. The van der Waals surface area contributed by atoms with Crippen molar-refractivity contribution in [1.29, 1.82) is 0 Å². The average molecular weight is 265 g/mol. The summed E-state index contributed by atoms with van der Waals surface area (Å²) in [6.07, 6.45) is 4.95. The average Bonchev–Trinajstić information content (AvgIpc) is 2.35. The van der Waals surface area contributed by atoms with Gasteiger partial charge >= 0.3 is 0 Å². The molecular formula is C15H23NOS. The Morgan fingerprint density at radius 1 is 1.22 bits per heavy atom. The zero-order valence-electron chi connectivity index (χ0n) is 11.6. The lowest BCUT2D eigenvalue weighted by atomic mass is 10.2. The van der Waals surface area contributed by atoms with Crippen LogP contribution in [0.1, 0.15) is 32.8 Å². The summed E-state index contributed by atoms with van der Waals surface area (Å²) < 4.78 is 10.5. The van der Waals surface area contributed by atoms with Gasteiger partial charge < -0.3 is 4.55 Å². The van der Waals surface area contributed by atoms with E-state index in [9.17, 15) is 4.55 Å². The molecule has 18 heavy (non-hydrogen) atoms. The fourth-order valence-electron chi connectivity index (χ4n) is 1.41. The summed E-state index contributed by atoms with van der Waals surface area (Å²) in [6, 6.07) is 7.75. The largest absolute Gasteiger partial charge is 0.330 e. The Labute approximate surface area is 112 Å². The van der Waals surface area contributed by atoms with Gasteiger partial charge in [0.1, 0.15) is 0 Å². The molecule has 0 saturated heterocycles. The van der Waals surface area contributed by atoms with Crippen LogP contribution in [-0.4, -0.2) is 4.55 Å². The first-order valence-corrected chi connectivity index (χ1v) is 7.77. The van der Waals surface area contributed by atoms with Crippen LogP contribution in [0.3, 0.4) is 0 Å². The van der Waals surface area contributed by atoms with E-state index < -0.39 is 10.5 Å². The van der Waals surface area contributed by atoms with E-state index in [0.717, 1.165) is 21.8 Å². The summed E-state index contributed by atoms with van der Waals surface area (Å²) in [5.41, 5.74) is 2.44. The SMILES string of the molecule is CC/C(C)=C/C=C(\C)S(N)(O)c1ccc(C)cc1. The Kier molecular flexibility index (Phi) is 5.20. The molecule has 0 radical (unpaired) electrons. The summed E-state index contributed by atoms with van der Waals surface area (Å²) in [5.74, 6) is 0. The van der Waals surface area contributed by atoms with E-state index in [4.69, 9.17) is 5.14 Å². The zero-order chi connectivity index (χ0) is 13.8. The minimum absolute atomic E-state index is 0.796. The molecule has 0 aliphatic rings. The van der Waals surface area contributed by atoms with Gasteiger partial charge in [-0.25, -0.2) is 0 Å². The quantitative estimate of drug-likeness (QED) is 0.771. The molecule has 0 spiro atoms. The van der Waals surface area contributed by atoms with Crippen LogP contribution >= 0.6 is 10.5 Å². The van der Waals surface area contributed by atoms with Crippen LogP contribution in [0.4, 0.5) is 0 Å². The van der Waals surface area contributed by atoms with Crippen molar-refractivity contribution in [1.82, 2.24) is 0 Å². The monoisotopic (exact) mass is 265 g/mol. The van der Waals surface area contributed by atoms with Gasteiger partial charge in [-0.15, -0.1) is 0 Å². The van der Waals surface area contributed by atoms with Crippen LogP contribution in [0, 0.1) is 6.92 Å². The van der Waals surface area contributed by atoms with Gasteiger partial charge in [0, 0.05) is 9.80 Å². The number of hydrogen-bond acceptors (Lipinski definition) is 2. The molecular weight excluding hydrogens is 242 g/mol. The van der Waals surface area contributed by atoms with E-state index in [2.05, 4.69) is 13.8 Å². The maximum Gasteiger partial charge on any atom is 0.0299 e. The van der Waals surface area contributed by atoms with Crippen LogP contribution in [0.5, 0.6) is 0 Å². The minimum Gasteiger partial charge on any atom is -0.330 e. The smallest absolute Gasteiger partial charge is 0.0299 e. The van der Waals surface area contributed by atoms with Gasteiger partial charge in [-0.3, -0.25) is 5.14 Å². The van der Waals surface area contributed by atoms with E-state index in [0.29, 0.717) is 0 Å². The summed E-state index contributed by atoms with van der Waals surface area (Å²) in [5, 5.41) is 6.10. The molecule has 0 bridgehead atoms. The Morgan fingerprint density at radius 3 is 2.28 bits per heavy atom. The standard InChI is InChI=1S/C15H23NOS/c1-5-12(2)6-9-14(4)18(16,17)15-10-7-13(3)8-11-15/h6-11,17H,5,16H2,1-4H3/b12-6+,14-9+. The highest BCUT2D eigenvalue weighted by atomic mass is 32.3. The summed E-state index contributed by atoms with van der Waals surface area (Å²) >= 11 is 0. The molecule has 1 rings (SSSR count). The minimum atomic E-state index is -2.34. The van der Waals surface area contributed by atoms with E-state index in [-0.39, 0.29) is 0 Å². The van der Waals surface area contributed by atoms with Crippen LogP contribution < -0.4 is 5.14 Å². The normalized spacial score (nSPS) is 18.3. The summed E-state index contributed by atoms with van der Waals surface area (Å²) in [4.78, 5) is 1.61. The Morgan fingerprint density at radius 2 is 1.78 bits per heavy atom. The van der Waals surface area contributed by atoms with Gasteiger partial charge in [0.2, 0.25) is 0 Å². The molecule has 0 amide bonds. The van der Waals surface area contributed by atoms with Gasteiger partial charge in [0.25, 0.3) is 0 Å². The number of benzene rings is 1. The Bertz CT molecular complexity index is 458. The molecule has 1 atom stereocenters. The molecule has 3 N–H and O–H groups in total. The number of rotatable bonds is 4. The molecule has 100 valence electrons. The highest BCUT2D eigenvalue weighted by molar-refractivity contribution is 8.30. The lowest BCUT2D eigenvalue weighted by Gasteiger charge is -2.30. The second kappa shape index (κ2) is 6.23. The highest BCUT2D eigenvalue weighted by Crippen LogP contribution is 2.51. The van der Waals surface area contributed by atoms with Crippen molar-refractivity contribution in [3.63, 3.8) is 0 Å². The van der Waals surface area contributed by atoms with E-state index >= 15 is 0 Å². The number of hydrogen-bond donors (Lipinski definition) is 2. The molecule has 0 heterocycles. The number of aryl methyl sites for hydroxylation is 1. The molecule has 1 aromatic carbocycles. The topological polar surface area (TPSA) is 46.2 Å². The maximum absolute atomic E-state index is 10.5. The van der Waals surface area contributed by atoms with Crippen LogP contribution in [-0.2, 0) is 0 Å². The third kappa shape index (κ3) is 3.73. The predicted molar refractivity (Wildman–Crippen MR) is 81.7 cm³/mol. The molecule has 1 aromatic rings. The first-order valence-electron chi connectivity index (χ1n) is 6.12. The van der Waals surface area contributed by atoms with Crippen LogP contribution in [0.2, 0.25) is 0 Å². The van der Waals surface area contributed by atoms with Crippen molar-refractivity contribution >= 4 is 10.5 Å². The number of allylic oxidation sites excluding steroid dienone is 4. The molecule has 0 saturated carbocycles. The second-order valence-electron chi connectivity index (χ2n) is 4.58. The second-order valence-corrected chi connectivity index (χ2v) is 6.95. The molecule has 3 heteroatoms. The predicted octanol–water partition coefficient (Wildman–Crippen LogP) is 4.77. The van der Waals surface area contributed by atoms with Gasteiger partial charge in [-0.05, 0) is 49.8 Å². The van der Waals surface area contributed by atoms with Gasteiger partial charge in [0.05, 0.1) is 0 Å². The van der Waals surface area contributed by atoms with Crippen molar-refractivity contribution in [2.24, 2.45) is 5.14 Å². The zero-order valence-corrected chi connectivity index (χ0v) is 12.4. The molecule has 0 aromatic heterocycles. The molecule has 2 nitrogen and oxygen atoms in total. The van der Waals surface area contributed by atoms with Gasteiger partial charge in [-0.2, -0.15) is 0 Å². The lowest BCUT2D eigenvalue weighted by Crippen LogP contribution is -2.11. The highest BCUT2D eigenvalue weighted by Gasteiger charge is 2.19. The molecule has 0 aliphatic carbocycles. The van der Waals surface area contributed by atoms with E-state index in [1.165, 1.54) is 5.57 Å². The Balaban J connectivity index is 3.02. The fourth-order valence-corrected chi connectivity index (χ4v) is 2.61.